The number of carboxylic acids is 1. The lowest BCUT2D eigenvalue weighted by atomic mass is 10.1. The molecule has 0 amide bonds. The minimum Gasteiger partial charge on any atom is -0.480 e. The molecule has 0 spiro atoms. The van der Waals surface area contributed by atoms with Crippen molar-refractivity contribution in [2.75, 3.05) is 6.54 Å². The predicted octanol–water partition coefficient (Wildman–Crippen LogP) is 0.319. The van der Waals surface area contributed by atoms with Crippen LogP contribution >= 0.6 is 0 Å². The molecule has 1 aliphatic carbocycles. The highest BCUT2D eigenvalue weighted by atomic mass is 16.4. The van der Waals surface area contributed by atoms with E-state index < -0.39 is 12.1 Å². The first-order chi connectivity index (χ1) is 7.18. The summed E-state index contributed by atoms with van der Waals surface area (Å²) in [4.78, 5) is 10.4. The summed E-state index contributed by atoms with van der Waals surface area (Å²) < 4.78 is 0. The Labute approximate surface area is 87.6 Å². The maximum absolute atomic E-state index is 10.4. The molecule has 0 fully saturated rings. The monoisotopic (exact) mass is 207 g/mol. The van der Waals surface area contributed by atoms with Crippen LogP contribution in [-0.2, 0) is 11.2 Å². The Bertz CT molecular complexity index is 378. The van der Waals surface area contributed by atoms with Crippen LogP contribution in [0.2, 0.25) is 0 Å². The van der Waals surface area contributed by atoms with Crippen molar-refractivity contribution in [2.24, 2.45) is 0 Å². The van der Waals surface area contributed by atoms with E-state index in [4.69, 9.17) is 5.11 Å². The number of rotatable bonds is 3. The first-order valence-corrected chi connectivity index (χ1v) is 4.89. The molecule has 2 rings (SSSR count). The predicted molar refractivity (Wildman–Crippen MR) is 54.5 cm³/mol. The van der Waals surface area contributed by atoms with Crippen molar-refractivity contribution in [3.63, 3.8) is 0 Å². The molecule has 3 N–H and O–H groups in total. The van der Waals surface area contributed by atoms with Gasteiger partial charge in [-0.05, 0) is 11.1 Å². The number of aliphatic carboxylic acids is 1. The van der Waals surface area contributed by atoms with E-state index in [2.05, 4.69) is 5.32 Å². The molecule has 0 heterocycles. The number of carboxylic acid groups (broad SMARTS) is 1. The van der Waals surface area contributed by atoms with Gasteiger partial charge in [0.15, 0.2) is 0 Å². The molecule has 0 aromatic heterocycles. The van der Waals surface area contributed by atoms with E-state index in [-0.39, 0.29) is 12.6 Å². The summed E-state index contributed by atoms with van der Waals surface area (Å²) in [7, 11) is 0. The van der Waals surface area contributed by atoms with Crippen LogP contribution in [-0.4, -0.2) is 28.8 Å². The topological polar surface area (TPSA) is 69.6 Å². The molecular formula is C11H13NO3. The number of aliphatic hydroxyl groups excluding tert-OH is 1. The van der Waals surface area contributed by atoms with Crippen molar-refractivity contribution in [1.82, 2.24) is 5.32 Å². The SMILES string of the molecule is O=C(O)CNC1c2ccccc2CC1O. The molecule has 4 nitrogen and oxygen atoms in total. The van der Waals surface area contributed by atoms with Crippen molar-refractivity contribution < 1.29 is 15.0 Å². The van der Waals surface area contributed by atoms with Crippen LogP contribution in [0.25, 0.3) is 0 Å². The third-order valence-corrected chi connectivity index (χ3v) is 2.68. The molecule has 0 saturated heterocycles. The standard InChI is InChI=1S/C11H13NO3/c13-9-5-7-3-1-2-4-8(7)11(9)12-6-10(14)15/h1-4,9,11-13H,5-6H2,(H,14,15). The summed E-state index contributed by atoms with van der Waals surface area (Å²) in [6, 6.07) is 7.45. The Morgan fingerprint density at radius 3 is 2.93 bits per heavy atom. The smallest absolute Gasteiger partial charge is 0.317 e. The summed E-state index contributed by atoms with van der Waals surface area (Å²) in [5, 5.41) is 21.2. The largest absolute Gasteiger partial charge is 0.480 e. The van der Waals surface area contributed by atoms with Crippen molar-refractivity contribution in [2.45, 2.75) is 18.6 Å². The van der Waals surface area contributed by atoms with E-state index >= 15 is 0 Å². The fraction of sp³-hybridized carbons (Fsp3) is 0.364. The zero-order chi connectivity index (χ0) is 10.8. The molecule has 0 radical (unpaired) electrons. The number of nitrogens with one attached hydrogen (secondary N) is 1. The minimum atomic E-state index is -0.911. The van der Waals surface area contributed by atoms with Crippen molar-refractivity contribution >= 4 is 5.97 Å². The normalized spacial score (nSPS) is 23.8. The molecule has 2 unspecified atom stereocenters. The van der Waals surface area contributed by atoms with E-state index in [9.17, 15) is 9.90 Å². The van der Waals surface area contributed by atoms with E-state index in [0.29, 0.717) is 6.42 Å². The first kappa shape index (κ1) is 10.1. The quantitative estimate of drug-likeness (QED) is 0.667. The molecule has 0 aliphatic heterocycles. The van der Waals surface area contributed by atoms with Gasteiger partial charge < -0.3 is 10.2 Å². The third-order valence-electron chi connectivity index (χ3n) is 2.68. The summed E-state index contributed by atoms with van der Waals surface area (Å²) in [6.07, 6.45) is 0.0646. The fourth-order valence-corrected chi connectivity index (χ4v) is 2.02. The Balaban J connectivity index is 2.15. The van der Waals surface area contributed by atoms with Crippen molar-refractivity contribution in [1.29, 1.82) is 0 Å². The number of benzene rings is 1. The Kier molecular flexibility index (Phi) is 2.70. The zero-order valence-electron chi connectivity index (χ0n) is 8.18. The van der Waals surface area contributed by atoms with Crippen LogP contribution in [0.5, 0.6) is 0 Å². The van der Waals surface area contributed by atoms with Gasteiger partial charge in [-0.2, -0.15) is 0 Å². The van der Waals surface area contributed by atoms with E-state index in [1.54, 1.807) is 0 Å². The third kappa shape index (κ3) is 2.00. The molecule has 0 saturated carbocycles. The lowest BCUT2D eigenvalue weighted by molar-refractivity contribution is -0.136. The summed E-state index contributed by atoms with van der Waals surface area (Å²) in [5.74, 6) is -0.911. The van der Waals surface area contributed by atoms with Gasteiger partial charge >= 0.3 is 5.97 Å². The first-order valence-electron chi connectivity index (χ1n) is 4.89. The average molecular weight is 207 g/mol. The second kappa shape index (κ2) is 4.00. The van der Waals surface area contributed by atoms with Crippen molar-refractivity contribution in [3.05, 3.63) is 35.4 Å². The van der Waals surface area contributed by atoms with Gasteiger partial charge in [-0.15, -0.1) is 0 Å². The highest BCUT2D eigenvalue weighted by Crippen LogP contribution is 2.30. The van der Waals surface area contributed by atoms with Crippen LogP contribution in [0, 0.1) is 0 Å². The zero-order valence-corrected chi connectivity index (χ0v) is 8.18. The number of aliphatic hydroxyl groups is 1. The summed E-state index contributed by atoms with van der Waals surface area (Å²) >= 11 is 0. The highest BCUT2D eigenvalue weighted by Gasteiger charge is 2.30. The van der Waals surface area contributed by atoms with Gasteiger partial charge in [-0.25, -0.2) is 0 Å². The molecule has 1 aromatic rings. The van der Waals surface area contributed by atoms with Crippen LogP contribution in [0.4, 0.5) is 0 Å². The van der Waals surface area contributed by atoms with Gasteiger partial charge in [0.1, 0.15) is 0 Å². The van der Waals surface area contributed by atoms with Crippen LogP contribution < -0.4 is 5.32 Å². The maximum Gasteiger partial charge on any atom is 0.317 e. The average Bonchev–Trinajstić information content (AvgIpc) is 2.50. The second-order valence-corrected chi connectivity index (χ2v) is 3.72. The van der Waals surface area contributed by atoms with Crippen LogP contribution in [0.3, 0.4) is 0 Å². The maximum atomic E-state index is 10.4. The van der Waals surface area contributed by atoms with Crippen LogP contribution in [0.1, 0.15) is 17.2 Å². The van der Waals surface area contributed by atoms with Gasteiger partial charge in [0.05, 0.1) is 18.7 Å². The van der Waals surface area contributed by atoms with E-state index in [1.165, 1.54) is 0 Å². The van der Waals surface area contributed by atoms with Gasteiger partial charge in [0, 0.05) is 6.42 Å². The van der Waals surface area contributed by atoms with Gasteiger partial charge in [0.25, 0.3) is 0 Å². The lowest BCUT2D eigenvalue weighted by Gasteiger charge is -2.16. The minimum absolute atomic E-state index is 0.129. The Hall–Kier alpha value is -1.39. The Morgan fingerprint density at radius 2 is 2.20 bits per heavy atom. The number of carbonyl (C=O) groups is 1. The van der Waals surface area contributed by atoms with Gasteiger partial charge in [-0.3, -0.25) is 10.1 Å². The molecule has 80 valence electrons. The molecule has 15 heavy (non-hydrogen) atoms. The highest BCUT2D eigenvalue weighted by molar-refractivity contribution is 5.69. The second-order valence-electron chi connectivity index (χ2n) is 3.72. The number of hydrogen-bond acceptors (Lipinski definition) is 3. The lowest BCUT2D eigenvalue weighted by Crippen LogP contribution is -2.32. The molecule has 0 bridgehead atoms. The van der Waals surface area contributed by atoms with E-state index in [1.807, 2.05) is 24.3 Å². The summed E-state index contributed by atoms with van der Waals surface area (Å²) in [5.41, 5.74) is 2.10. The van der Waals surface area contributed by atoms with Gasteiger partial charge in [0.2, 0.25) is 0 Å². The Morgan fingerprint density at radius 1 is 1.47 bits per heavy atom. The van der Waals surface area contributed by atoms with Crippen molar-refractivity contribution in [3.8, 4) is 0 Å². The molecule has 1 aliphatic rings. The van der Waals surface area contributed by atoms with E-state index in [0.717, 1.165) is 11.1 Å². The van der Waals surface area contributed by atoms with Crippen LogP contribution in [0.15, 0.2) is 24.3 Å². The molecule has 1 aromatic carbocycles. The molecule has 4 heteroatoms. The molecular weight excluding hydrogens is 194 g/mol. The number of fused-ring (bicyclic) bond motifs is 1. The van der Waals surface area contributed by atoms with Gasteiger partial charge in [-0.1, -0.05) is 24.3 Å². The summed E-state index contributed by atoms with van der Waals surface area (Å²) in [6.45, 7) is -0.129. The fourth-order valence-electron chi connectivity index (χ4n) is 2.02. The molecule has 2 atom stereocenters. The number of hydrogen-bond donors (Lipinski definition) is 3.